The van der Waals surface area contributed by atoms with Gasteiger partial charge in [0.1, 0.15) is 0 Å². The van der Waals surface area contributed by atoms with Crippen LogP contribution in [0.2, 0.25) is 36.3 Å². The molecule has 2 aliphatic heterocycles. The molecule has 66 heavy (non-hydrogen) atoms. The summed E-state index contributed by atoms with van der Waals surface area (Å²) in [5.41, 5.74) is 0.545. The molecule has 10 fully saturated rings. The van der Waals surface area contributed by atoms with Crippen LogP contribution in [0.4, 0.5) is 0 Å². The summed E-state index contributed by atoms with van der Waals surface area (Å²) in [6.45, 7) is 42.1. The SMILES string of the molecule is CC1(C)O[C@@H]2C3C([C@@H](Cl)C[C@@]4(C)C3CC[C@@H]4O[Si](C)(C)C(C)(C)C)[C@@]3(C)CCCCC3[C@H]2O1.CC1(C)O[C@@H]2C3C([C@@H](O)C[C@@]4(C)C3CC[C@@H]4O[Si](C)(C)C(C)(C)C)[C@@]3(C)CCCCC3[C@H]2O1. The minimum atomic E-state index is -1.89. The fourth-order valence-electron chi connectivity index (χ4n) is 18.0. The third-order valence-corrected chi connectivity index (χ3v) is 32.4. The molecule has 1 N–H and O–H groups in total. The number of hydrogen-bond donors (Lipinski definition) is 1. The van der Waals surface area contributed by atoms with E-state index in [9.17, 15) is 5.11 Å². The average Bonchev–Trinajstić information content (AvgIpc) is 3.88. The van der Waals surface area contributed by atoms with Crippen molar-refractivity contribution in [2.24, 2.45) is 69.0 Å². The molecule has 8 unspecified atom stereocenters. The van der Waals surface area contributed by atoms with Crippen LogP contribution in [0.15, 0.2) is 0 Å². The van der Waals surface area contributed by atoms with E-state index in [1.807, 2.05) is 0 Å². The van der Waals surface area contributed by atoms with E-state index >= 15 is 0 Å². The molecule has 380 valence electrons. The molecule has 0 radical (unpaired) electrons. The Balaban J connectivity index is 0.000000166. The zero-order chi connectivity index (χ0) is 48.4. The molecule has 0 spiro atoms. The minimum Gasteiger partial charge on any atom is -0.413 e. The van der Waals surface area contributed by atoms with Crippen LogP contribution in [0.5, 0.6) is 0 Å². The summed E-state index contributed by atoms with van der Waals surface area (Å²) in [6.07, 6.45) is 17.8. The van der Waals surface area contributed by atoms with E-state index in [0.717, 1.165) is 19.3 Å². The zero-order valence-electron chi connectivity index (χ0n) is 45.4. The molecule has 20 atom stereocenters. The zero-order valence-corrected chi connectivity index (χ0v) is 48.2. The lowest BCUT2D eigenvalue weighted by Gasteiger charge is -2.64. The predicted molar refractivity (Wildman–Crippen MR) is 272 cm³/mol. The van der Waals surface area contributed by atoms with Crippen LogP contribution in [0.25, 0.3) is 0 Å². The van der Waals surface area contributed by atoms with E-state index in [1.165, 1.54) is 70.6 Å². The lowest BCUT2D eigenvalue weighted by molar-refractivity contribution is -0.219. The Kier molecular flexibility index (Phi) is 12.8. The molecule has 0 aromatic rings. The highest BCUT2D eigenvalue weighted by Crippen LogP contribution is 2.71. The summed E-state index contributed by atoms with van der Waals surface area (Å²) in [5, 5.41) is 12.5. The third kappa shape index (κ3) is 7.97. The molecule has 2 saturated heterocycles. The number of alkyl halides is 1. The van der Waals surface area contributed by atoms with Crippen LogP contribution < -0.4 is 0 Å². The molecule has 2 heterocycles. The largest absolute Gasteiger partial charge is 0.413 e. The predicted octanol–water partition coefficient (Wildman–Crippen LogP) is 14.3. The fraction of sp³-hybridized carbons (Fsp3) is 1.00. The van der Waals surface area contributed by atoms with Crippen molar-refractivity contribution < 1.29 is 32.9 Å². The van der Waals surface area contributed by atoms with Gasteiger partial charge in [-0.3, -0.25) is 0 Å². The molecule has 8 aliphatic carbocycles. The second-order valence-corrected chi connectivity index (χ2v) is 39.7. The van der Waals surface area contributed by atoms with Gasteiger partial charge in [-0.05, 0) is 197 Å². The first-order valence-electron chi connectivity index (χ1n) is 27.6. The summed E-state index contributed by atoms with van der Waals surface area (Å²) >= 11 is 7.50. The minimum absolute atomic E-state index is 0.00854. The molecule has 10 rings (SSSR count). The number of rotatable bonds is 4. The topological polar surface area (TPSA) is 75.6 Å². The van der Waals surface area contributed by atoms with Gasteiger partial charge in [0.25, 0.3) is 0 Å². The van der Waals surface area contributed by atoms with E-state index in [-0.39, 0.29) is 73.7 Å². The van der Waals surface area contributed by atoms with Crippen LogP contribution in [0.3, 0.4) is 0 Å². The van der Waals surface area contributed by atoms with Crippen LogP contribution >= 0.6 is 11.6 Å². The second-order valence-electron chi connectivity index (χ2n) is 29.7. The number of fused-ring (bicyclic) bond motifs is 16. The van der Waals surface area contributed by atoms with Gasteiger partial charge in [0.2, 0.25) is 0 Å². The molecule has 10 heteroatoms. The Hall–Kier alpha value is 0.444. The van der Waals surface area contributed by atoms with E-state index in [0.29, 0.717) is 53.4 Å². The van der Waals surface area contributed by atoms with Crippen LogP contribution in [-0.2, 0) is 27.8 Å². The summed E-state index contributed by atoms with van der Waals surface area (Å²) in [6, 6.07) is 0. The molecular weight excluding hydrogens is 876 g/mol. The van der Waals surface area contributed by atoms with Gasteiger partial charge < -0.3 is 32.9 Å². The maximum atomic E-state index is 11.9. The maximum absolute atomic E-state index is 11.9. The molecule has 0 bridgehead atoms. The summed E-state index contributed by atoms with van der Waals surface area (Å²) in [4.78, 5) is 0. The van der Waals surface area contributed by atoms with Crippen LogP contribution in [-0.4, -0.2) is 81.4 Å². The molecule has 10 aliphatic rings. The van der Waals surface area contributed by atoms with E-state index < -0.39 is 28.2 Å². The van der Waals surface area contributed by atoms with Gasteiger partial charge in [-0.25, -0.2) is 0 Å². The van der Waals surface area contributed by atoms with Gasteiger partial charge in [-0.2, -0.15) is 0 Å². The average molecular weight is 976 g/mol. The van der Waals surface area contributed by atoms with E-state index in [4.69, 9.17) is 39.4 Å². The third-order valence-electron chi connectivity index (χ3n) is 23.0. The van der Waals surface area contributed by atoms with Crippen molar-refractivity contribution in [3.8, 4) is 0 Å². The molecular formula is C56H99ClO7Si2. The first-order chi connectivity index (χ1) is 30.2. The van der Waals surface area contributed by atoms with Crippen molar-refractivity contribution in [2.75, 3.05) is 0 Å². The monoisotopic (exact) mass is 975 g/mol. The normalized spacial score (nSPS) is 51.5. The first kappa shape index (κ1) is 51.3. The number of halogens is 1. The maximum Gasteiger partial charge on any atom is 0.192 e. The van der Waals surface area contributed by atoms with Crippen molar-refractivity contribution in [1.29, 1.82) is 0 Å². The number of hydrogen-bond acceptors (Lipinski definition) is 7. The van der Waals surface area contributed by atoms with Crippen molar-refractivity contribution in [1.82, 2.24) is 0 Å². The van der Waals surface area contributed by atoms with Crippen LogP contribution in [0.1, 0.15) is 187 Å². The highest BCUT2D eigenvalue weighted by Gasteiger charge is 2.72. The van der Waals surface area contributed by atoms with E-state index in [1.54, 1.807) is 0 Å². The highest BCUT2D eigenvalue weighted by molar-refractivity contribution is 6.74. The molecule has 0 aromatic carbocycles. The Labute approximate surface area is 411 Å². The van der Waals surface area contributed by atoms with Crippen molar-refractivity contribution in [3.05, 3.63) is 0 Å². The second kappa shape index (κ2) is 16.5. The Morgan fingerprint density at radius 2 is 0.864 bits per heavy atom. The van der Waals surface area contributed by atoms with Gasteiger partial charge in [-0.1, -0.05) is 94.9 Å². The lowest BCUT2D eigenvalue weighted by Crippen LogP contribution is -2.66. The summed E-state index contributed by atoms with van der Waals surface area (Å²) in [5.74, 6) is 2.86. The quantitative estimate of drug-likeness (QED) is 0.222. The smallest absolute Gasteiger partial charge is 0.192 e. The fourth-order valence-corrected chi connectivity index (χ4v) is 21.7. The number of ether oxygens (including phenoxy) is 4. The Morgan fingerprint density at radius 3 is 1.29 bits per heavy atom. The van der Waals surface area contributed by atoms with Gasteiger partial charge in [-0.15, -0.1) is 11.6 Å². The standard InChI is InChI=1S/C28H49ClO3Si.C28H50O4Si/c2*1-25(2,3)33(8,9)32-20-14-13-17-21-22(19(29)16-28(17,20)7)27(6)15-11-10-12-18(27)23-24(21)31-26(4,5)30-23/h17-24H,10-16H2,1-9H3;17-24,29H,10-16H2,1-9H3/t2*17?,18?,19-,20-,21?,22?,23+,24+,27-,28-/m00/s1. The molecule has 0 aromatic heterocycles. The van der Waals surface area contributed by atoms with Gasteiger partial charge in [0.05, 0.1) is 42.7 Å². The van der Waals surface area contributed by atoms with Crippen LogP contribution in [0, 0.1) is 69.0 Å². The molecule has 0 amide bonds. The summed E-state index contributed by atoms with van der Waals surface area (Å²) in [7, 11) is -3.74. The molecule has 7 nitrogen and oxygen atoms in total. The van der Waals surface area contributed by atoms with Gasteiger partial charge in [0.15, 0.2) is 28.2 Å². The van der Waals surface area contributed by atoms with Gasteiger partial charge in [0, 0.05) is 5.38 Å². The Bertz CT molecular complexity index is 1680. The van der Waals surface area contributed by atoms with Gasteiger partial charge >= 0.3 is 0 Å². The highest BCUT2D eigenvalue weighted by atomic mass is 35.5. The Morgan fingerprint density at radius 1 is 0.485 bits per heavy atom. The lowest BCUT2D eigenvalue weighted by atomic mass is 9.43. The number of aliphatic hydroxyl groups is 1. The summed E-state index contributed by atoms with van der Waals surface area (Å²) < 4.78 is 41.2. The number of aliphatic hydroxyl groups excluding tert-OH is 1. The molecule has 8 saturated carbocycles. The van der Waals surface area contributed by atoms with E-state index in [2.05, 4.69) is 123 Å². The van der Waals surface area contributed by atoms with Crippen molar-refractivity contribution >= 4 is 28.2 Å². The first-order valence-corrected chi connectivity index (χ1v) is 33.9. The van der Waals surface area contributed by atoms with Crippen molar-refractivity contribution in [3.63, 3.8) is 0 Å². The van der Waals surface area contributed by atoms with Crippen molar-refractivity contribution in [2.45, 2.75) is 283 Å².